The van der Waals surface area contributed by atoms with Crippen LogP contribution in [0.2, 0.25) is 0 Å². The van der Waals surface area contributed by atoms with E-state index in [1.165, 1.54) is 32.5 Å². The van der Waals surface area contributed by atoms with Crippen LogP contribution in [0.4, 0.5) is 0 Å². The molecule has 0 aliphatic heterocycles. The Morgan fingerprint density at radius 2 is 1.88 bits per heavy atom. The Balaban J connectivity index is 1.57. The summed E-state index contributed by atoms with van der Waals surface area (Å²) in [4.78, 5) is 1.38. The predicted octanol–water partition coefficient (Wildman–Crippen LogP) is 5.35. The van der Waals surface area contributed by atoms with Crippen molar-refractivity contribution in [3.8, 4) is 0 Å². The summed E-state index contributed by atoms with van der Waals surface area (Å²) < 4.78 is 2.37. The van der Waals surface area contributed by atoms with Crippen molar-refractivity contribution in [2.24, 2.45) is 0 Å². The highest BCUT2D eigenvalue weighted by molar-refractivity contribution is 7.09. The fourth-order valence-electron chi connectivity index (χ4n) is 3.34. The first-order valence-corrected chi connectivity index (χ1v) is 9.53. The second-order valence-corrected chi connectivity index (χ2v) is 7.50. The summed E-state index contributed by atoms with van der Waals surface area (Å²) in [6.45, 7) is 4.87. The lowest BCUT2D eigenvalue weighted by molar-refractivity contribution is 0.699. The van der Waals surface area contributed by atoms with Gasteiger partial charge in [0, 0.05) is 41.6 Å². The average molecular weight is 346 g/mol. The summed E-state index contributed by atoms with van der Waals surface area (Å²) >= 11 is 1.80. The Morgan fingerprint density at radius 3 is 2.72 bits per heavy atom. The lowest BCUT2D eigenvalue weighted by atomic mass is 10.1. The number of thiophene rings is 1. The van der Waals surface area contributed by atoms with Crippen molar-refractivity contribution in [3.63, 3.8) is 0 Å². The Kier molecular flexibility index (Phi) is 4.68. The fraction of sp³-hybridized carbons (Fsp3) is 0.182. The number of rotatable bonds is 6. The minimum Gasteiger partial charge on any atom is -0.343 e. The van der Waals surface area contributed by atoms with Crippen molar-refractivity contribution in [1.82, 2.24) is 9.88 Å². The summed E-state index contributed by atoms with van der Waals surface area (Å²) in [5.41, 5.74) is 5.32. The molecule has 25 heavy (non-hydrogen) atoms. The summed E-state index contributed by atoms with van der Waals surface area (Å²) in [6, 6.07) is 21.7. The third-order valence-corrected chi connectivity index (χ3v) is 5.38. The van der Waals surface area contributed by atoms with Gasteiger partial charge in [0.15, 0.2) is 0 Å². The highest BCUT2D eigenvalue weighted by Gasteiger charge is 2.08. The molecule has 0 spiro atoms. The maximum absolute atomic E-state index is 3.58. The van der Waals surface area contributed by atoms with E-state index in [0.717, 1.165) is 19.6 Å². The molecule has 0 saturated carbocycles. The molecule has 2 aromatic heterocycles. The van der Waals surface area contributed by atoms with Crippen molar-refractivity contribution >= 4 is 22.2 Å². The number of hydrogen-bond donors (Lipinski definition) is 1. The normalized spacial score (nSPS) is 11.2. The SMILES string of the molecule is Cc1cccc(Cn2cc(CNCc3cccs3)c3ccccc32)c1. The van der Waals surface area contributed by atoms with E-state index in [4.69, 9.17) is 0 Å². The van der Waals surface area contributed by atoms with E-state index >= 15 is 0 Å². The van der Waals surface area contributed by atoms with Gasteiger partial charge in [0.25, 0.3) is 0 Å². The molecule has 0 atom stereocenters. The Hall–Kier alpha value is -2.36. The first-order chi connectivity index (χ1) is 12.3. The minimum atomic E-state index is 0.888. The third kappa shape index (κ3) is 3.68. The van der Waals surface area contributed by atoms with Crippen LogP contribution in [0.3, 0.4) is 0 Å². The lowest BCUT2D eigenvalue weighted by Gasteiger charge is -2.06. The van der Waals surface area contributed by atoms with Crippen molar-refractivity contribution in [2.45, 2.75) is 26.6 Å². The first kappa shape index (κ1) is 16.1. The molecule has 4 aromatic rings. The second kappa shape index (κ2) is 7.26. The largest absolute Gasteiger partial charge is 0.343 e. The van der Waals surface area contributed by atoms with Crippen LogP contribution >= 0.6 is 11.3 Å². The molecule has 126 valence electrons. The molecule has 2 aromatic carbocycles. The molecule has 1 N–H and O–H groups in total. The van der Waals surface area contributed by atoms with Crippen LogP contribution in [-0.4, -0.2) is 4.57 Å². The van der Waals surface area contributed by atoms with E-state index in [-0.39, 0.29) is 0 Å². The molecule has 0 aliphatic carbocycles. The number of para-hydroxylation sites is 1. The van der Waals surface area contributed by atoms with Crippen LogP contribution in [-0.2, 0) is 19.6 Å². The zero-order valence-electron chi connectivity index (χ0n) is 14.4. The molecule has 0 amide bonds. The Bertz CT molecular complexity index is 967. The minimum absolute atomic E-state index is 0.888. The second-order valence-electron chi connectivity index (χ2n) is 6.47. The van der Waals surface area contributed by atoms with Gasteiger partial charge in [0.2, 0.25) is 0 Å². The topological polar surface area (TPSA) is 17.0 Å². The number of benzene rings is 2. The van der Waals surface area contributed by atoms with Gasteiger partial charge in [0.05, 0.1) is 0 Å². The van der Waals surface area contributed by atoms with Crippen LogP contribution in [0.1, 0.15) is 21.6 Å². The predicted molar refractivity (Wildman–Crippen MR) is 107 cm³/mol. The summed E-state index contributed by atoms with van der Waals surface area (Å²) in [5, 5.41) is 7.05. The van der Waals surface area contributed by atoms with Gasteiger partial charge in [-0.25, -0.2) is 0 Å². The molecule has 0 fully saturated rings. The lowest BCUT2D eigenvalue weighted by Crippen LogP contribution is -2.11. The van der Waals surface area contributed by atoms with E-state index < -0.39 is 0 Å². The van der Waals surface area contributed by atoms with Crippen LogP contribution in [0.15, 0.2) is 72.2 Å². The van der Waals surface area contributed by atoms with Gasteiger partial charge in [0.1, 0.15) is 0 Å². The Morgan fingerprint density at radius 1 is 0.960 bits per heavy atom. The highest BCUT2D eigenvalue weighted by Crippen LogP contribution is 2.23. The highest BCUT2D eigenvalue weighted by atomic mass is 32.1. The monoisotopic (exact) mass is 346 g/mol. The molecular formula is C22H22N2S. The van der Waals surface area contributed by atoms with E-state index in [1.54, 1.807) is 11.3 Å². The van der Waals surface area contributed by atoms with Gasteiger partial charge in [-0.1, -0.05) is 54.1 Å². The average Bonchev–Trinajstić information content (AvgIpc) is 3.24. The fourth-order valence-corrected chi connectivity index (χ4v) is 4.01. The summed E-state index contributed by atoms with van der Waals surface area (Å²) in [6.07, 6.45) is 2.30. The van der Waals surface area contributed by atoms with Crippen LogP contribution < -0.4 is 5.32 Å². The van der Waals surface area contributed by atoms with E-state index in [9.17, 15) is 0 Å². The van der Waals surface area contributed by atoms with Crippen molar-refractivity contribution < 1.29 is 0 Å². The van der Waals surface area contributed by atoms with Gasteiger partial charge in [-0.3, -0.25) is 0 Å². The number of nitrogens with one attached hydrogen (secondary N) is 1. The number of aryl methyl sites for hydroxylation is 1. The molecule has 2 nitrogen and oxygen atoms in total. The molecule has 0 radical (unpaired) electrons. The van der Waals surface area contributed by atoms with Crippen LogP contribution in [0.25, 0.3) is 10.9 Å². The van der Waals surface area contributed by atoms with Gasteiger partial charge in [-0.2, -0.15) is 0 Å². The van der Waals surface area contributed by atoms with Crippen molar-refractivity contribution in [2.75, 3.05) is 0 Å². The van der Waals surface area contributed by atoms with Crippen molar-refractivity contribution in [3.05, 3.63) is 93.8 Å². The number of nitrogens with zero attached hydrogens (tertiary/aromatic N) is 1. The number of aromatic nitrogens is 1. The van der Waals surface area contributed by atoms with Crippen LogP contribution in [0, 0.1) is 6.92 Å². The number of hydrogen-bond acceptors (Lipinski definition) is 2. The van der Waals surface area contributed by atoms with Crippen LogP contribution in [0.5, 0.6) is 0 Å². The van der Waals surface area contributed by atoms with E-state index in [2.05, 4.69) is 89.0 Å². The number of fused-ring (bicyclic) bond motifs is 1. The molecule has 0 saturated heterocycles. The molecule has 2 heterocycles. The molecule has 3 heteroatoms. The molecule has 0 unspecified atom stereocenters. The maximum atomic E-state index is 3.58. The zero-order valence-corrected chi connectivity index (χ0v) is 15.2. The maximum Gasteiger partial charge on any atom is 0.0486 e. The van der Waals surface area contributed by atoms with Gasteiger partial charge in [-0.05, 0) is 35.6 Å². The van der Waals surface area contributed by atoms with E-state index in [0.29, 0.717) is 0 Å². The summed E-state index contributed by atoms with van der Waals surface area (Å²) in [7, 11) is 0. The first-order valence-electron chi connectivity index (χ1n) is 8.65. The van der Waals surface area contributed by atoms with Gasteiger partial charge < -0.3 is 9.88 Å². The van der Waals surface area contributed by atoms with Crippen molar-refractivity contribution in [1.29, 1.82) is 0 Å². The zero-order chi connectivity index (χ0) is 17.1. The molecule has 0 aliphatic rings. The molecule has 0 bridgehead atoms. The Labute approximate surface area is 152 Å². The van der Waals surface area contributed by atoms with Gasteiger partial charge >= 0.3 is 0 Å². The molecule has 4 rings (SSSR count). The smallest absolute Gasteiger partial charge is 0.0486 e. The quantitative estimate of drug-likeness (QED) is 0.498. The molecular weight excluding hydrogens is 324 g/mol. The summed E-state index contributed by atoms with van der Waals surface area (Å²) in [5.74, 6) is 0. The third-order valence-electron chi connectivity index (χ3n) is 4.50. The standard InChI is InChI=1S/C22H22N2S/c1-17-6-4-7-18(12-17)15-24-16-19(21-9-2-3-10-22(21)24)13-23-14-20-8-5-11-25-20/h2-12,16,23H,13-15H2,1H3. The van der Waals surface area contributed by atoms with Gasteiger partial charge in [-0.15, -0.1) is 11.3 Å². The van der Waals surface area contributed by atoms with E-state index in [1.807, 2.05) is 0 Å².